The van der Waals surface area contributed by atoms with Crippen molar-refractivity contribution in [1.82, 2.24) is 0 Å². The first kappa shape index (κ1) is 15.3. The van der Waals surface area contributed by atoms with Crippen molar-refractivity contribution in [3.05, 3.63) is 63.2 Å². The first-order valence-electron chi connectivity index (χ1n) is 5.84. The van der Waals surface area contributed by atoms with E-state index in [9.17, 15) is 18.5 Å². The molecule has 0 heterocycles. The molecule has 8 heteroatoms. The van der Waals surface area contributed by atoms with Crippen LogP contribution < -0.4 is 4.72 Å². The number of nitrogens with one attached hydrogen (secondary N) is 1. The van der Waals surface area contributed by atoms with Crippen LogP contribution in [0, 0.1) is 17.0 Å². The Morgan fingerprint density at radius 3 is 2.43 bits per heavy atom. The van der Waals surface area contributed by atoms with E-state index in [0.29, 0.717) is 0 Å². The van der Waals surface area contributed by atoms with Crippen molar-refractivity contribution in [1.29, 1.82) is 0 Å². The Kier molecular flexibility index (Phi) is 4.15. The molecule has 0 bridgehead atoms. The van der Waals surface area contributed by atoms with Crippen LogP contribution in [-0.2, 0) is 10.0 Å². The highest BCUT2D eigenvalue weighted by Crippen LogP contribution is 2.28. The van der Waals surface area contributed by atoms with Crippen LogP contribution in [0.3, 0.4) is 0 Å². The van der Waals surface area contributed by atoms with E-state index in [-0.39, 0.29) is 26.9 Å². The lowest BCUT2D eigenvalue weighted by Gasteiger charge is -2.11. The summed E-state index contributed by atoms with van der Waals surface area (Å²) >= 11 is 5.90. The average molecular weight is 327 g/mol. The van der Waals surface area contributed by atoms with Crippen molar-refractivity contribution in [3.63, 3.8) is 0 Å². The highest BCUT2D eigenvalue weighted by molar-refractivity contribution is 7.92. The maximum Gasteiger partial charge on any atom is 0.273 e. The third kappa shape index (κ3) is 3.14. The molecular formula is C13H11ClN2O4S. The third-order valence-electron chi connectivity index (χ3n) is 2.86. The summed E-state index contributed by atoms with van der Waals surface area (Å²) in [5, 5.41) is 11.1. The van der Waals surface area contributed by atoms with Gasteiger partial charge in [-0.15, -0.1) is 0 Å². The third-order valence-corrected chi connectivity index (χ3v) is 4.70. The van der Waals surface area contributed by atoms with Crippen molar-refractivity contribution in [2.45, 2.75) is 11.8 Å². The fraction of sp³-hybridized carbons (Fsp3) is 0.0769. The lowest BCUT2D eigenvalue weighted by Crippen LogP contribution is -2.15. The van der Waals surface area contributed by atoms with E-state index in [0.717, 1.165) is 0 Å². The van der Waals surface area contributed by atoms with Gasteiger partial charge in [0.05, 0.1) is 20.5 Å². The van der Waals surface area contributed by atoms with Crippen molar-refractivity contribution in [2.24, 2.45) is 0 Å². The smallest absolute Gasteiger partial charge is 0.273 e. The van der Waals surface area contributed by atoms with Gasteiger partial charge in [-0.3, -0.25) is 14.8 Å². The van der Waals surface area contributed by atoms with E-state index < -0.39 is 14.9 Å². The van der Waals surface area contributed by atoms with E-state index >= 15 is 0 Å². The molecule has 6 nitrogen and oxygen atoms in total. The molecule has 0 unspecified atom stereocenters. The summed E-state index contributed by atoms with van der Waals surface area (Å²) < 4.78 is 27.0. The standard InChI is InChI=1S/C13H11ClN2O4S/c1-9-12(16(17)18)7-4-8-13(9)21(19,20)15-11-6-3-2-5-10(11)14/h2-8,15H,1H3. The van der Waals surface area contributed by atoms with Gasteiger partial charge in [0.15, 0.2) is 0 Å². The highest BCUT2D eigenvalue weighted by Gasteiger charge is 2.23. The number of hydrogen-bond donors (Lipinski definition) is 1. The van der Waals surface area contributed by atoms with Crippen LogP contribution in [0.15, 0.2) is 47.4 Å². The van der Waals surface area contributed by atoms with Gasteiger partial charge < -0.3 is 0 Å². The van der Waals surface area contributed by atoms with Crippen LogP contribution in [0.2, 0.25) is 5.02 Å². The van der Waals surface area contributed by atoms with Crippen molar-refractivity contribution in [2.75, 3.05) is 4.72 Å². The minimum Gasteiger partial charge on any atom is -0.278 e. The lowest BCUT2D eigenvalue weighted by atomic mass is 10.2. The fourth-order valence-corrected chi connectivity index (χ4v) is 3.42. The first-order chi connectivity index (χ1) is 9.83. The van der Waals surface area contributed by atoms with E-state index in [1.807, 2.05) is 0 Å². The predicted octanol–water partition coefficient (Wildman–Crippen LogP) is 3.36. The molecule has 110 valence electrons. The number of sulfonamides is 1. The molecule has 0 spiro atoms. The number of anilines is 1. The quantitative estimate of drug-likeness (QED) is 0.689. The number of benzene rings is 2. The number of nitrogens with zero attached hydrogens (tertiary/aromatic N) is 1. The normalized spacial score (nSPS) is 11.1. The molecule has 0 radical (unpaired) electrons. The van der Waals surface area contributed by atoms with Crippen molar-refractivity contribution in [3.8, 4) is 0 Å². The second kappa shape index (κ2) is 5.71. The monoisotopic (exact) mass is 326 g/mol. The second-order valence-corrected chi connectivity index (χ2v) is 6.30. The minimum absolute atomic E-state index is 0.0713. The SMILES string of the molecule is Cc1c([N+](=O)[O-])cccc1S(=O)(=O)Nc1ccccc1Cl. The Morgan fingerprint density at radius 2 is 1.81 bits per heavy atom. The number of halogens is 1. The molecule has 21 heavy (non-hydrogen) atoms. The largest absolute Gasteiger partial charge is 0.278 e. The van der Waals surface area contributed by atoms with Crippen LogP contribution >= 0.6 is 11.6 Å². The summed E-state index contributed by atoms with van der Waals surface area (Å²) in [4.78, 5) is 10.1. The van der Waals surface area contributed by atoms with Gasteiger partial charge in [-0.1, -0.05) is 29.8 Å². The lowest BCUT2D eigenvalue weighted by molar-refractivity contribution is -0.385. The summed E-state index contributed by atoms with van der Waals surface area (Å²) in [6, 6.07) is 10.2. The summed E-state index contributed by atoms with van der Waals surface area (Å²) in [6.07, 6.45) is 0. The maximum atomic E-state index is 12.4. The zero-order chi connectivity index (χ0) is 15.6. The molecule has 0 fully saturated rings. The van der Waals surface area contributed by atoms with E-state index in [1.165, 1.54) is 31.2 Å². The minimum atomic E-state index is -3.96. The summed E-state index contributed by atoms with van der Waals surface area (Å²) in [5.41, 5.74) is 0.0316. The number of nitro benzene ring substituents is 1. The molecule has 2 aromatic carbocycles. The molecule has 2 aromatic rings. The zero-order valence-corrected chi connectivity index (χ0v) is 12.5. The van der Waals surface area contributed by atoms with Crippen LogP contribution in [0.5, 0.6) is 0 Å². The molecule has 0 saturated carbocycles. The van der Waals surface area contributed by atoms with Crippen LogP contribution in [0.1, 0.15) is 5.56 Å². The van der Waals surface area contributed by atoms with Gasteiger partial charge in [-0.2, -0.15) is 0 Å². The van der Waals surface area contributed by atoms with Gasteiger partial charge >= 0.3 is 0 Å². The molecule has 2 rings (SSSR count). The van der Waals surface area contributed by atoms with Gasteiger partial charge in [-0.05, 0) is 25.1 Å². The van der Waals surface area contributed by atoms with E-state index in [4.69, 9.17) is 11.6 Å². The molecule has 0 aliphatic rings. The number of hydrogen-bond acceptors (Lipinski definition) is 4. The predicted molar refractivity (Wildman–Crippen MR) is 80.1 cm³/mol. The summed E-state index contributed by atoms with van der Waals surface area (Å²) in [7, 11) is -3.96. The number of nitro groups is 1. The van der Waals surface area contributed by atoms with E-state index in [1.54, 1.807) is 18.2 Å². The van der Waals surface area contributed by atoms with Gasteiger partial charge in [-0.25, -0.2) is 8.42 Å². The van der Waals surface area contributed by atoms with Gasteiger partial charge in [0, 0.05) is 11.6 Å². The Balaban J connectivity index is 2.48. The Morgan fingerprint density at radius 1 is 1.14 bits per heavy atom. The molecular weight excluding hydrogens is 316 g/mol. The van der Waals surface area contributed by atoms with Crippen molar-refractivity contribution >= 4 is 33.0 Å². The van der Waals surface area contributed by atoms with Gasteiger partial charge in [0.25, 0.3) is 15.7 Å². The van der Waals surface area contributed by atoms with E-state index in [2.05, 4.69) is 4.72 Å². The topological polar surface area (TPSA) is 89.3 Å². The second-order valence-electron chi connectivity index (χ2n) is 4.24. The Hall–Kier alpha value is -2.12. The summed E-state index contributed by atoms with van der Waals surface area (Å²) in [6.45, 7) is 1.39. The molecule has 0 atom stereocenters. The molecule has 1 N–H and O–H groups in total. The fourth-order valence-electron chi connectivity index (χ4n) is 1.84. The Bertz CT molecular complexity index is 806. The maximum absolute atomic E-state index is 12.4. The zero-order valence-electron chi connectivity index (χ0n) is 10.9. The number of para-hydroxylation sites is 1. The van der Waals surface area contributed by atoms with Crippen LogP contribution in [0.25, 0.3) is 0 Å². The highest BCUT2D eigenvalue weighted by atomic mass is 35.5. The van der Waals surface area contributed by atoms with Crippen LogP contribution in [0.4, 0.5) is 11.4 Å². The average Bonchev–Trinajstić information content (AvgIpc) is 2.41. The molecule has 0 aliphatic heterocycles. The Labute approximate surface area is 126 Å². The van der Waals surface area contributed by atoms with Crippen LogP contribution in [-0.4, -0.2) is 13.3 Å². The summed E-state index contributed by atoms with van der Waals surface area (Å²) in [5.74, 6) is 0. The first-order valence-corrected chi connectivity index (χ1v) is 7.70. The molecule has 0 amide bonds. The van der Waals surface area contributed by atoms with Gasteiger partial charge in [0.1, 0.15) is 0 Å². The number of rotatable bonds is 4. The molecule has 0 aliphatic carbocycles. The molecule has 0 aromatic heterocycles. The molecule has 0 saturated heterocycles. The van der Waals surface area contributed by atoms with Crippen molar-refractivity contribution < 1.29 is 13.3 Å². The van der Waals surface area contributed by atoms with Gasteiger partial charge in [0.2, 0.25) is 0 Å².